The second kappa shape index (κ2) is 17.3. The van der Waals surface area contributed by atoms with Gasteiger partial charge in [0.1, 0.15) is 13.2 Å². The molecule has 0 amide bonds. The van der Waals surface area contributed by atoms with Gasteiger partial charge in [0.05, 0.1) is 50.5 Å². The summed E-state index contributed by atoms with van der Waals surface area (Å²) in [5, 5.41) is 0. The van der Waals surface area contributed by atoms with Gasteiger partial charge in [0, 0.05) is 24.3 Å². The van der Waals surface area contributed by atoms with Crippen LogP contribution in [0.1, 0.15) is 13.8 Å². The van der Waals surface area contributed by atoms with Gasteiger partial charge in [-0.3, -0.25) is 0 Å². The lowest BCUT2D eigenvalue weighted by Gasteiger charge is -2.33. The molecule has 0 rings (SSSR count). The molecule has 0 unspecified atom stereocenters. The second-order valence-corrected chi connectivity index (χ2v) is 7.53. The largest absolute Gasteiger partial charge is 0.462 e. The van der Waals surface area contributed by atoms with E-state index in [9.17, 15) is 19.2 Å². The molecule has 0 atom stereocenters. The Hall–Kier alpha value is -3.24. The predicted molar refractivity (Wildman–Crippen MR) is 122 cm³/mol. The van der Waals surface area contributed by atoms with E-state index in [2.05, 4.69) is 26.3 Å². The number of esters is 4. The predicted octanol–water partition coefficient (Wildman–Crippen LogP) is 1.95. The van der Waals surface area contributed by atoms with Crippen molar-refractivity contribution in [2.45, 2.75) is 20.0 Å². The lowest BCUT2D eigenvalue weighted by atomic mass is 9.92. The summed E-state index contributed by atoms with van der Waals surface area (Å²) in [7, 11) is 0. The van der Waals surface area contributed by atoms with Gasteiger partial charge in [0.2, 0.25) is 0 Å². The Morgan fingerprint density at radius 2 is 1.06 bits per heavy atom. The summed E-state index contributed by atoms with van der Waals surface area (Å²) in [4.78, 5) is 46.2. The molecule has 0 saturated heterocycles. The molecule has 10 nitrogen and oxygen atoms in total. The smallest absolute Gasteiger partial charge is 0.330 e. The van der Waals surface area contributed by atoms with E-state index in [-0.39, 0.29) is 52.4 Å². The van der Waals surface area contributed by atoms with Crippen LogP contribution in [-0.2, 0) is 47.6 Å². The van der Waals surface area contributed by atoms with E-state index in [1.165, 1.54) is 0 Å². The number of rotatable bonds is 19. The van der Waals surface area contributed by atoms with Crippen molar-refractivity contribution in [1.82, 2.24) is 0 Å². The van der Waals surface area contributed by atoms with Crippen molar-refractivity contribution in [2.75, 3.05) is 46.2 Å². The van der Waals surface area contributed by atoms with Gasteiger partial charge in [-0.1, -0.05) is 26.3 Å². The van der Waals surface area contributed by atoms with Gasteiger partial charge in [0.15, 0.2) is 0 Å². The van der Waals surface area contributed by atoms with Crippen LogP contribution >= 0.6 is 0 Å². The van der Waals surface area contributed by atoms with Crippen molar-refractivity contribution in [3.05, 3.63) is 50.6 Å². The molecule has 10 heteroatoms. The van der Waals surface area contributed by atoms with Crippen LogP contribution < -0.4 is 0 Å². The molecule has 0 aliphatic carbocycles. The maximum Gasteiger partial charge on any atom is 0.330 e. The monoisotopic (exact) mass is 482 g/mol. The van der Waals surface area contributed by atoms with Crippen molar-refractivity contribution >= 4 is 23.9 Å². The molecule has 0 spiro atoms. The molecule has 0 fully saturated rings. The van der Waals surface area contributed by atoms with Crippen LogP contribution in [0.5, 0.6) is 0 Å². The third kappa shape index (κ3) is 14.0. The average Bonchev–Trinajstić information content (AvgIpc) is 2.84. The Kier molecular flexibility index (Phi) is 15.6. The fourth-order valence-electron chi connectivity index (χ4n) is 2.26. The van der Waals surface area contributed by atoms with Crippen LogP contribution in [-0.4, -0.2) is 76.2 Å². The summed E-state index contributed by atoms with van der Waals surface area (Å²) in [5.41, 5.74) is -1.07. The quantitative estimate of drug-likeness (QED) is 0.153. The van der Waals surface area contributed by atoms with Crippen molar-refractivity contribution in [2.24, 2.45) is 11.3 Å². The van der Waals surface area contributed by atoms with Gasteiger partial charge in [-0.25, -0.2) is 19.2 Å². The molecule has 0 aliphatic heterocycles. The van der Waals surface area contributed by atoms with Crippen LogP contribution in [0, 0.1) is 11.3 Å². The summed E-state index contributed by atoms with van der Waals surface area (Å²) in [5.74, 6) is -3.16. The maximum absolute atomic E-state index is 11.7. The Labute approximate surface area is 200 Å². The van der Waals surface area contributed by atoms with Crippen molar-refractivity contribution < 1.29 is 47.6 Å². The average molecular weight is 483 g/mol. The highest BCUT2D eigenvalue weighted by Crippen LogP contribution is 2.22. The summed E-state index contributed by atoms with van der Waals surface area (Å²) in [6.07, 6.45) is 3.84. The van der Waals surface area contributed by atoms with Crippen molar-refractivity contribution in [3.8, 4) is 0 Å². The highest BCUT2D eigenvalue weighted by Gasteiger charge is 2.35. The van der Waals surface area contributed by atoms with Crippen LogP contribution in [0.15, 0.2) is 50.6 Å². The number of carbonyl (C=O) groups excluding carboxylic acids is 4. The molecule has 0 aromatic rings. The minimum absolute atomic E-state index is 0.0108. The van der Waals surface area contributed by atoms with Gasteiger partial charge >= 0.3 is 23.9 Å². The van der Waals surface area contributed by atoms with Crippen LogP contribution in [0.4, 0.5) is 0 Å². The highest BCUT2D eigenvalue weighted by molar-refractivity contribution is 5.82. The number of hydrogen-bond acceptors (Lipinski definition) is 10. The van der Waals surface area contributed by atoms with E-state index >= 15 is 0 Å². The lowest BCUT2D eigenvalue weighted by molar-refractivity contribution is -0.159. The molecule has 0 radical (unpaired) electrons. The third-order valence-electron chi connectivity index (χ3n) is 4.12. The number of carbonyl (C=O) groups is 4. The van der Waals surface area contributed by atoms with Crippen LogP contribution in [0.3, 0.4) is 0 Å². The molecule has 0 aromatic heterocycles. The van der Waals surface area contributed by atoms with E-state index in [4.69, 9.17) is 28.4 Å². The lowest BCUT2D eigenvalue weighted by Crippen LogP contribution is -2.44. The SMILES string of the molecule is C=CC(=O)OCC(COCC(COC(=O)C=C)(COC(=O)C=C)COC(C)C)COC(=O)C=C. The van der Waals surface area contributed by atoms with E-state index in [0.717, 1.165) is 24.3 Å². The van der Waals surface area contributed by atoms with Crippen molar-refractivity contribution in [1.29, 1.82) is 0 Å². The zero-order chi connectivity index (χ0) is 26.0. The van der Waals surface area contributed by atoms with Gasteiger partial charge in [-0.2, -0.15) is 0 Å². The minimum Gasteiger partial charge on any atom is -0.462 e. The summed E-state index contributed by atoms with van der Waals surface area (Å²) in [6.45, 7) is 16.3. The molecule has 190 valence electrons. The molecule has 34 heavy (non-hydrogen) atoms. The van der Waals surface area contributed by atoms with Crippen LogP contribution in [0.25, 0.3) is 0 Å². The Balaban J connectivity index is 5.45. The molecule has 0 aromatic carbocycles. The van der Waals surface area contributed by atoms with E-state index in [1.54, 1.807) is 0 Å². The summed E-state index contributed by atoms with van der Waals surface area (Å²) >= 11 is 0. The number of ether oxygens (including phenoxy) is 6. The first kappa shape index (κ1) is 30.8. The molecular formula is C24H34O10. The highest BCUT2D eigenvalue weighted by atomic mass is 16.6. The zero-order valence-corrected chi connectivity index (χ0v) is 19.8. The summed E-state index contributed by atoms with van der Waals surface area (Å²) < 4.78 is 32.0. The topological polar surface area (TPSA) is 124 Å². The molecule has 0 heterocycles. The minimum atomic E-state index is -1.07. The van der Waals surface area contributed by atoms with E-state index in [0.29, 0.717) is 0 Å². The molecule has 0 saturated carbocycles. The first-order chi connectivity index (χ1) is 16.1. The van der Waals surface area contributed by atoms with E-state index < -0.39 is 35.2 Å². The fraction of sp³-hybridized carbons (Fsp3) is 0.500. The Morgan fingerprint density at radius 3 is 1.44 bits per heavy atom. The first-order valence-electron chi connectivity index (χ1n) is 10.5. The zero-order valence-electron chi connectivity index (χ0n) is 19.8. The third-order valence-corrected chi connectivity index (χ3v) is 4.12. The molecule has 0 N–H and O–H groups in total. The fourth-order valence-corrected chi connectivity index (χ4v) is 2.26. The van der Waals surface area contributed by atoms with E-state index in [1.807, 2.05) is 13.8 Å². The van der Waals surface area contributed by atoms with Gasteiger partial charge in [0.25, 0.3) is 0 Å². The Morgan fingerprint density at radius 1 is 0.647 bits per heavy atom. The second-order valence-electron chi connectivity index (χ2n) is 7.53. The van der Waals surface area contributed by atoms with Crippen molar-refractivity contribution in [3.63, 3.8) is 0 Å². The van der Waals surface area contributed by atoms with Gasteiger partial charge in [-0.15, -0.1) is 0 Å². The normalized spacial score (nSPS) is 10.8. The van der Waals surface area contributed by atoms with Gasteiger partial charge in [-0.05, 0) is 13.8 Å². The first-order valence-corrected chi connectivity index (χ1v) is 10.5. The maximum atomic E-state index is 11.7. The molecular weight excluding hydrogens is 448 g/mol. The number of hydrogen-bond donors (Lipinski definition) is 0. The molecule has 0 bridgehead atoms. The molecule has 0 aliphatic rings. The standard InChI is InChI=1S/C24H34O10/c1-7-20(25)30-12-19(13-31-21(26)8-2)11-29-14-24(15-32-18(5)6,16-33-22(27)9-3)17-34-23(28)10-4/h7-10,18-19H,1-4,11-17H2,5-6H3. The van der Waals surface area contributed by atoms with Crippen LogP contribution in [0.2, 0.25) is 0 Å². The Bertz CT molecular complexity index is 677. The summed E-state index contributed by atoms with van der Waals surface area (Å²) in [6, 6.07) is 0. The van der Waals surface area contributed by atoms with Gasteiger partial charge < -0.3 is 28.4 Å².